The van der Waals surface area contributed by atoms with Crippen LogP contribution in [0.15, 0.2) is 29.8 Å². The molecule has 1 aromatic rings. The van der Waals surface area contributed by atoms with E-state index in [0.717, 1.165) is 23.5 Å². The van der Waals surface area contributed by atoms with Crippen LogP contribution in [0, 0.1) is 13.8 Å². The Kier molecular flexibility index (Phi) is 6.71. The largest absolute Gasteiger partial charge is 0.466 e. The minimum atomic E-state index is -0.213. The predicted octanol–water partition coefficient (Wildman–Crippen LogP) is 4.05. The van der Waals surface area contributed by atoms with Crippen LogP contribution >= 0.6 is 11.8 Å². The maximum atomic E-state index is 11.4. The van der Waals surface area contributed by atoms with Crippen LogP contribution < -0.4 is 0 Å². The number of hydrogen-bond donors (Lipinski definition) is 0. The van der Waals surface area contributed by atoms with Gasteiger partial charge in [0.05, 0.1) is 7.11 Å². The highest BCUT2D eigenvalue weighted by Crippen LogP contribution is 2.17. The summed E-state index contributed by atoms with van der Waals surface area (Å²) in [7, 11) is 1.43. The second kappa shape index (κ2) is 8.05. The molecule has 0 amide bonds. The fraction of sp³-hybridized carbons (Fsp3) is 0.438. The molecule has 0 fully saturated rings. The van der Waals surface area contributed by atoms with Gasteiger partial charge in [-0.1, -0.05) is 42.3 Å². The molecule has 0 radical (unpaired) electrons. The molecule has 0 N–H and O–H groups in total. The van der Waals surface area contributed by atoms with Gasteiger partial charge in [-0.3, -0.25) is 0 Å². The van der Waals surface area contributed by atoms with Crippen molar-refractivity contribution in [3.05, 3.63) is 46.5 Å². The number of rotatable bonds is 6. The van der Waals surface area contributed by atoms with Crippen LogP contribution in [0.3, 0.4) is 0 Å². The predicted molar refractivity (Wildman–Crippen MR) is 82.5 cm³/mol. The lowest BCUT2D eigenvalue weighted by molar-refractivity contribution is -0.136. The molecule has 19 heavy (non-hydrogen) atoms. The van der Waals surface area contributed by atoms with Gasteiger partial charge in [-0.2, -0.15) is 11.8 Å². The third-order valence-electron chi connectivity index (χ3n) is 2.83. The van der Waals surface area contributed by atoms with Crippen molar-refractivity contribution < 1.29 is 9.53 Å². The van der Waals surface area contributed by atoms with Crippen molar-refractivity contribution in [3.63, 3.8) is 0 Å². The van der Waals surface area contributed by atoms with E-state index in [9.17, 15) is 4.79 Å². The quantitative estimate of drug-likeness (QED) is 0.446. The van der Waals surface area contributed by atoms with Gasteiger partial charge in [0.25, 0.3) is 0 Å². The number of hydrogen-bond acceptors (Lipinski definition) is 3. The van der Waals surface area contributed by atoms with Crippen LogP contribution in [0.4, 0.5) is 0 Å². The first kappa shape index (κ1) is 15.8. The van der Waals surface area contributed by atoms with Gasteiger partial charge in [0.2, 0.25) is 0 Å². The van der Waals surface area contributed by atoms with Gasteiger partial charge in [0.1, 0.15) is 0 Å². The minimum Gasteiger partial charge on any atom is -0.466 e. The molecule has 0 aromatic heterocycles. The number of thioether (sulfide) groups is 1. The maximum Gasteiger partial charge on any atom is 0.333 e. The molecular weight excluding hydrogens is 256 g/mol. The van der Waals surface area contributed by atoms with E-state index in [1.54, 1.807) is 0 Å². The summed E-state index contributed by atoms with van der Waals surface area (Å²) in [6.45, 7) is 6.21. The fourth-order valence-corrected chi connectivity index (χ4v) is 2.83. The maximum absolute atomic E-state index is 11.4. The molecule has 1 aromatic carbocycles. The van der Waals surface area contributed by atoms with Gasteiger partial charge in [-0.05, 0) is 25.8 Å². The molecule has 0 aliphatic rings. The molecule has 0 atom stereocenters. The van der Waals surface area contributed by atoms with Crippen LogP contribution in [0.1, 0.15) is 30.0 Å². The van der Waals surface area contributed by atoms with Gasteiger partial charge in [0, 0.05) is 17.1 Å². The Hall–Kier alpha value is -1.22. The van der Waals surface area contributed by atoms with E-state index < -0.39 is 0 Å². The SMILES string of the molecule is CCC(=CCSCc1cc(C)cc(C)c1)C(=O)OC. The second-order valence-electron chi connectivity index (χ2n) is 4.59. The third kappa shape index (κ3) is 5.52. The van der Waals surface area contributed by atoms with E-state index in [-0.39, 0.29) is 5.97 Å². The van der Waals surface area contributed by atoms with Crippen molar-refractivity contribution in [1.82, 2.24) is 0 Å². The summed E-state index contributed by atoms with van der Waals surface area (Å²) in [5.74, 6) is 1.59. The van der Waals surface area contributed by atoms with E-state index in [4.69, 9.17) is 4.74 Å². The average Bonchev–Trinajstić information content (AvgIpc) is 2.37. The summed E-state index contributed by atoms with van der Waals surface area (Å²) >= 11 is 1.81. The van der Waals surface area contributed by atoms with Crippen molar-refractivity contribution >= 4 is 17.7 Å². The highest BCUT2D eigenvalue weighted by Gasteiger charge is 2.05. The summed E-state index contributed by atoms with van der Waals surface area (Å²) in [5.41, 5.74) is 4.70. The van der Waals surface area contributed by atoms with E-state index in [2.05, 4.69) is 32.0 Å². The Balaban J connectivity index is 2.49. The highest BCUT2D eigenvalue weighted by molar-refractivity contribution is 7.98. The van der Waals surface area contributed by atoms with Gasteiger partial charge < -0.3 is 4.74 Å². The van der Waals surface area contributed by atoms with Crippen LogP contribution in [0.25, 0.3) is 0 Å². The molecule has 0 unspecified atom stereocenters. The second-order valence-corrected chi connectivity index (χ2v) is 5.62. The molecule has 0 saturated carbocycles. The lowest BCUT2D eigenvalue weighted by atomic mass is 10.1. The fourth-order valence-electron chi connectivity index (χ4n) is 1.99. The molecule has 0 aliphatic carbocycles. The van der Waals surface area contributed by atoms with Crippen LogP contribution in [0.2, 0.25) is 0 Å². The van der Waals surface area contributed by atoms with Gasteiger partial charge in [-0.15, -0.1) is 0 Å². The van der Waals surface area contributed by atoms with Crippen LogP contribution in [-0.2, 0) is 15.3 Å². The number of methoxy groups -OCH3 is 1. The Morgan fingerprint density at radius 2 is 1.89 bits per heavy atom. The average molecular weight is 278 g/mol. The van der Waals surface area contributed by atoms with Crippen molar-refractivity contribution in [3.8, 4) is 0 Å². The first-order valence-corrected chi connectivity index (χ1v) is 7.64. The molecule has 2 nitrogen and oxygen atoms in total. The Bertz CT molecular complexity index is 444. The minimum absolute atomic E-state index is 0.213. The van der Waals surface area contributed by atoms with Crippen molar-refractivity contribution in [1.29, 1.82) is 0 Å². The first-order chi connectivity index (χ1) is 9.06. The van der Waals surface area contributed by atoms with Crippen molar-refractivity contribution in [2.75, 3.05) is 12.9 Å². The van der Waals surface area contributed by atoms with Crippen LogP contribution in [0.5, 0.6) is 0 Å². The molecule has 0 bridgehead atoms. The monoisotopic (exact) mass is 278 g/mol. The molecular formula is C16H22O2S. The topological polar surface area (TPSA) is 26.3 Å². The van der Waals surface area contributed by atoms with Gasteiger partial charge in [-0.25, -0.2) is 4.79 Å². The number of carbonyl (C=O) groups is 1. The standard InChI is InChI=1S/C16H22O2S/c1-5-15(16(17)18-4)6-7-19-11-14-9-12(2)8-13(3)10-14/h6,8-10H,5,7,11H2,1-4H3. The van der Waals surface area contributed by atoms with Gasteiger partial charge in [0.15, 0.2) is 0 Å². The molecule has 0 aliphatic heterocycles. The summed E-state index contributed by atoms with van der Waals surface area (Å²) < 4.78 is 4.73. The smallest absolute Gasteiger partial charge is 0.333 e. The summed E-state index contributed by atoms with van der Waals surface area (Å²) in [5, 5.41) is 0. The van der Waals surface area contributed by atoms with Crippen molar-refractivity contribution in [2.24, 2.45) is 0 Å². The van der Waals surface area contributed by atoms with Gasteiger partial charge >= 0.3 is 5.97 Å². The Labute approximate surface area is 120 Å². The highest BCUT2D eigenvalue weighted by atomic mass is 32.2. The Morgan fingerprint density at radius 1 is 1.26 bits per heavy atom. The molecule has 3 heteroatoms. The zero-order chi connectivity index (χ0) is 14.3. The number of aryl methyl sites for hydroxylation is 2. The number of esters is 1. The summed E-state index contributed by atoms with van der Waals surface area (Å²) in [4.78, 5) is 11.4. The number of ether oxygens (including phenoxy) is 1. The van der Waals surface area contributed by atoms with E-state index in [1.165, 1.54) is 23.8 Å². The Morgan fingerprint density at radius 3 is 2.42 bits per heavy atom. The first-order valence-electron chi connectivity index (χ1n) is 6.49. The summed E-state index contributed by atoms with van der Waals surface area (Å²) in [6, 6.07) is 6.61. The number of benzene rings is 1. The molecule has 0 saturated heterocycles. The third-order valence-corrected chi connectivity index (χ3v) is 3.77. The molecule has 0 spiro atoms. The lowest BCUT2D eigenvalue weighted by Crippen LogP contribution is -2.04. The van der Waals surface area contributed by atoms with Crippen LogP contribution in [-0.4, -0.2) is 18.8 Å². The van der Waals surface area contributed by atoms with E-state index in [0.29, 0.717) is 0 Å². The summed E-state index contributed by atoms with van der Waals surface area (Å²) in [6.07, 6.45) is 2.69. The number of carbonyl (C=O) groups excluding carboxylic acids is 1. The van der Waals surface area contributed by atoms with Crippen molar-refractivity contribution in [2.45, 2.75) is 32.9 Å². The molecule has 1 rings (SSSR count). The molecule has 104 valence electrons. The zero-order valence-electron chi connectivity index (χ0n) is 12.2. The van der Waals surface area contributed by atoms with E-state index >= 15 is 0 Å². The molecule has 0 heterocycles. The lowest BCUT2D eigenvalue weighted by Gasteiger charge is -2.05. The normalized spacial score (nSPS) is 11.5. The zero-order valence-corrected chi connectivity index (χ0v) is 13.0. The van der Waals surface area contributed by atoms with E-state index in [1.807, 2.05) is 24.8 Å².